The number of ether oxygens (including phenoxy) is 1. The third kappa shape index (κ3) is 5.14. The maximum Gasteiger partial charge on any atom is 0.241 e. The molecule has 5 rings (SSSR count). The number of amides is 1. The van der Waals surface area contributed by atoms with Gasteiger partial charge in [0.1, 0.15) is 18.0 Å². The predicted molar refractivity (Wildman–Crippen MR) is 143 cm³/mol. The number of carbonyl (C=O) groups excluding carboxylic acids is 1. The van der Waals surface area contributed by atoms with Crippen LogP contribution in [0.2, 0.25) is 5.02 Å². The van der Waals surface area contributed by atoms with E-state index in [1.54, 1.807) is 0 Å². The molecular formula is C26H30ClN5O3S. The summed E-state index contributed by atoms with van der Waals surface area (Å²) in [5.41, 5.74) is 7.92. The Morgan fingerprint density at radius 3 is 2.97 bits per heavy atom. The lowest BCUT2D eigenvalue weighted by Crippen LogP contribution is -2.45. The van der Waals surface area contributed by atoms with Gasteiger partial charge in [0.15, 0.2) is 0 Å². The Bertz CT molecular complexity index is 1270. The van der Waals surface area contributed by atoms with Crippen LogP contribution in [-0.4, -0.2) is 35.9 Å². The second-order valence-electron chi connectivity index (χ2n) is 9.57. The van der Waals surface area contributed by atoms with Crippen LogP contribution in [0, 0.1) is 0 Å². The number of carbonyl (C=O) groups is 1. The third-order valence-electron chi connectivity index (χ3n) is 6.85. The summed E-state index contributed by atoms with van der Waals surface area (Å²) in [5.74, 6) is 0.593. The number of halogens is 1. The summed E-state index contributed by atoms with van der Waals surface area (Å²) in [5, 5.41) is 5.17. The van der Waals surface area contributed by atoms with Crippen molar-refractivity contribution in [3.05, 3.63) is 70.5 Å². The third-order valence-corrected chi connectivity index (χ3v) is 7.68. The number of rotatable bonds is 6. The average molecular weight is 528 g/mol. The number of benzene rings is 2. The molecule has 1 amide bonds. The molecule has 0 saturated heterocycles. The molecule has 0 radical (unpaired) electrons. The summed E-state index contributed by atoms with van der Waals surface area (Å²) in [4.78, 5) is 13.6. The van der Waals surface area contributed by atoms with E-state index in [-0.39, 0.29) is 11.3 Å². The summed E-state index contributed by atoms with van der Waals surface area (Å²) in [6.07, 6.45) is 7.15. The summed E-state index contributed by atoms with van der Waals surface area (Å²) in [6.45, 7) is 3.53. The molecule has 3 aromatic rings. The Labute approximate surface area is 220 Å². The fourth-order valence-corrected chi connectivity index (χ4v) is 5.89. The Morgan fingerprint density at radius 2 is 2.19 bits per heavy atom. The van der Waals surface area contributed by atoms with Gasteiger partial charge < -0.3 is 9.64 Å². The number of fused-ring (bicyclic) bond motifs is 3. The molecule has 36 heavy (non-hydrogen) atoms. The van der Waals surface area contributed by atoms with E-state index in [9.17, 15) is 4.79 Å². The summed E-state index contributed by atoms with van der Waals surface area (Å²) in [7, 11) is 3.82. The Morgan fingerprint density at radius 1 is 1.33 bits per heavy atom. The molecule has 1 aliphatic carbocycles. The number of nitrogens with one attached hydrogen (secondary N) is 1. The zero-order chi connectivity index (χ0) is 25.3. The van der Waals surface area contributed by atoms with E-state index in [1.807, 2.05) is 47.5 Å². The number of nitrogens with zero attached hydrogens (tertiary/aromatic N) is 4. The molecule has 1 aliphatic heterocycles. The number of aromatic nitrogens is 2. The molecule has 0 saturated carbocycles. The van der Waals surface area contributed by atoms with E-state index in [0.29, 0.717) is 13.2 Å². The first-order valence-electron chi connectivity index (χ1n) is 12.0. The van der Waals surface area contributed by atoms with Crippen molar-refractivity contribution in [3.63, 3.8) is 0 Å². The number of anilines is 2. The highest BCUT2D eigenvalue weighted by Crippen LogP contribution is 2.45. The molecule has 0 bridgehead atoms. The summed E-state index contributed by atoms with van der Waals surface area (Å²) < 4.78 is 15.5. The van der Waals surface area contributed by atoms with E-state index in [4.69, 9.17) is 20.6 Å². The first-order valence-corrected chi connectivity index (χ1v) is 13.0. The van der Waals surface area contributed by atoms with Gasteiger partial charge in [-0.25, -0.2) is 5.48 Å². The van der Waals surface area contributed by atoms with Crippen LogP contribution in [0.5, 0.6) is 5.75 Å². The highest BCUT2D eigenvalue weighted by molar-refractivity contribution is 7.96. The highest BCUT2D eigenvalue weighted by Gasteiger charge is 2.41. The monoisotopic (exact) mass is 527 g/mol. The maximum atomic E-state index is 11.2. The van der Waals surface area contributed by atoms with Gasteiger partial charge in [-0.2, -0.15) is 9.38 Å². The Hall–Kier alpha value is -2.88. The van der Waals surface area contributed by atoms with E-state index >= 15 is 0 Å². The second kappa shape index (κ2) is 10.2. The number of hydroxylamine groups is 1. The summed E-state index contributed by atoms with van der Waals surface area (Å²) in [6, 6.07) is 12.4. The topological polar surface area (TPSA) is 71.9 Å². The first kappa shape index (κ1) is 24.8. The van der Waals surface area contributed by atoms with Crippen LogP contribution >= 0.6 is 23.8 Å². The van der Waals surface area contributed by atoms with Gasteiger partial charge in [-0.05, 0) is 60.7 Å². The fourth-order valence-electron chi connectivity index (χ4n) is 5.23. The quantitative estimate of drug-likeness (QED) is 0.280. The second-order valence-corrected chi connectivity index (χ2v) is 10.9. The van der Waals surface area contributed by atoms with Crippen molar-refractivity contribution < 1.29 is 13.8 Å². The minimum atomic E-state index is -0.256. The van der Waals surface area contributed by atoms with Gasteiger partial charge in [-0.1, -0.05) is 17.7 Å². The minimum Gasteiger partial charge on any atom is -0.490 e. The number of aryl methyl sites for hydroxylation is 2. The van der Waals surface area contributed by atoms with Crippen molar-refractivity contribution in [1.29, 1.82) is 0 Å². The lowest BCUT2D eigenvalue weighted by molar-refractivity contribution is -0.124. The molecule has 0 fully saturated rings. The lowest BCUT2D eigenvalue weighted by Gasteiger charge is -2.40. The molecule has 2 aromatic carbocycles. The van der Waals surface area contributed by atoms with E-state index < -0.39 is 0 Å². The molecule has 1 unspecified atom stereocenters. The molecule has 8 nitrogen and oxygen atoms in total. The van der Waals surface area contributed by atoms with Crippen molar-refractivity contribution in [3.8, 4) is 5.75 Å². The van der Waals surface area contributed by atoms with Crippen molar-refractivity contribution >= 4 is 41.1 Å². The molecule has 1 spiro atoms. The van der Waals surface area contributed by atoms with Crippen LogP contribution in [0.4, 0.5) is 11.4 Å². The van der Waals surface area contributed by atoms with Gasteiger partial charge >= 0.3 is 0 Å². The average Bonchev–Trinajstić information content (AvgIpc) is 3.19. The van der Waals surface area contributed by atoms with E-state index in [2.05, 4.69) is 39.9 Å². The van der Waals surface area contributed by atoms with Crippen molar-refractivity contribution in [2.45, 2.75) is 38.1 Å². The zero-order valence-electron chi connectivity index (χ0n) is 20.7. The molecule has 190 valence electrons. The van der Waals surface area contributed by atoms with Crippen molar-refractivity contribution in [2.75, 3.05) is 29.4 Å². The molecular weight excluding hydrogens is 498 g/mol. The Kier molecular flexibility index (Phi) is 7.05. The number of hydrogen-bond donors (Lipinski definition) is 1. The highest BCUT2D eigenvalue weighted by atomic mass is 35.5. The van der Waals surface area contributed by atoms with Crippen molar-refractivity contribution in [1.82, 2.24) is 15.3 Å². The van der Waals surface area contributed by atoms with Crippen LogP contribution in [0.25, 0.3) is 0 Å². The first-order chi connectivity index (χ1) is 17.3. The molecule has 1 atom stereocenters. The number of hydrogen-bond acceptors (Lipinski definition) is 7. The normalized spacial score (nSPS) is 18.7. The predicted octanol–water partition coefficient (Wildman–Crippen LogP) is 4.81. The van der Waals surface area contributed by atoms with Gasteiger partial charge in [-0.3, -0.25) is 13.8 Å². The van der Waals surface area contributed by atoms with E-state index in [0.717, 1.165) is 65.7 Å². The maximum absolute atomic E-state index is 11.2. The molecule has 1 aromatic heterocycles. The minimum absolute atomic E-state index is 0.144. The largest absolute Gasteiger partial charge is 0.490 e. The van der Waals surface area contributed by atoms with Gasteiger partial charge in [0.25, 0.3) is 0 Å². The SMILES string of the molecule is CC(=O)NOSN(C)c1ccc2c(c1)N(Cc1cnn(C)c1)CC1(CCCc3cc(Cl)ccc31)CO2. The molecule has 1 N–H and O–H groups in total. The Balaban J connectivity index is 1.51. The van der Waals surface area contributed by atoms with Crippen LogP contribution in [0.15, 0.2) is 48.8 Å². The lowest BCUT2D eigenvalue weighted by atomic mass is 9.70. The van der Waals surface area contributed by atoms with Gasteiger partial charge in [0.2, 0.25) is 5.91 Å². The molecule has 2 aliphatic rings. The van der Waals surface area contributed by atoms with Gasteiger partial charge in [-0.15, -0.1) is 0 Å². The summed E-state index contributed by atoms with van der Waals surface area (Å²) >= 11 is 7.41. The van der Waals surface area contributed by atoms with Crippen molar-refractivity contribution in [2.24, 2.45) is 7.05 Å². The van der Waals surface area contributed by atoms with E-state index in [1.165, 1.54) is 18.1 Å². The fraction of sp³-hybridized carbons (Fsp3) is 0.385. The molecule has 2 heterocycles. The van der Waals surface area contributed by atoms with Gasteiger partial charge in [0.05, 0.1) is 24.2 Å². The van der Waals surface area contributed by atoms with Crippen LogP contribution in [0.1, 0.15) is 36.5 Å². The van der Waals surface area contributed by atoms with Crippen LogP contribution in [0.3, 0.4) is 0 Å². The van der Waals surface area contributed by atoms with Crippen LogP contribution < -0.4 is 19.4 Å². The molecule has 10 heteroatoms. The van der Waals surface area contributed by atoms with Gasteiger partial charge in [0, 0.05) is 56.3 Å². The standard InChI is InChI=1S/C26H30ClN5O3S/c1-18(33)29-35-36-31(3)22-7-9-25-24(12-22)32(15-19-13-28-30(2)14-19)16-26(17-34-25)10-4-5-20-11-21(27)6-8-23(20)26/h6-9,11-14H,4-5,10,15-17H2,1-3H3,(H,29,33). The smallest absolute Gasteiger partial charge is 0.241 e. The zero-order valence-corrected chi connectivity index (χ0v) is 22.2. The van der Waals surface area contributed by atoms with Crippen LogP contribution in [-0.2, 0) is 34.5 Å².